The number of hydrogen-bond donors (Lipinski definition) is 0. The van der Waals surface area contributed by atoms with E-state index in [1.807, 2.05) is 0 Å². The third kappa shape index (κ3) is 9.60. The van der Waals surface area contributed by atoms with Crippen LogP contribution in [0, 0.1) is 0 Å². The minimum absolute atomic E-state index is 0.200. The molecule has 0 aliphatic carbocycles. The molecule has 0 N–H and O–H groups in total. The van der Waals surface area contributed by atoms with Crippen LogP contribution in [0.15, 0.2) is 340 Å². The van der Waals surface area contributed by atoms with Crippen LogP contribution in [0.1, 0.15) is 0 Å². The van der Waals surface area contributed by atoms with Crippen LogP contribution in [0.25, 0.3) is 100 Å². The van der Waals surface area contributed by atoms with Crippen molar-refractivity contribution in [2.24, 2.45) is 0 Å². The predicted molar refractivity (Wildman–Crippen MR) is 367 cm³/mol. The van der Waals surface area contributed by atoms with Gasteiger partial charge in [0, 0.05) is 45.3 Å². The van der Waals surface area contributed by atoms with Gasteiger partial charge in [0.1, 0.15) is 0 Å². The molecule has 0 amide bonds. The lowest BCUT2D eigenvalue weighted by molar-refractivity contribution is 1.25. The Morgan fingerprint density at radius 1 is 0.195 bits per heavy atom. The van der Waals surface area contributed by atoms with Crippen LogP contribution in [-0.4, -0.2) is 11.7 Å². The van der Waals surface area contributed by atoms with Crippen molar-refractivity contribution in [1.82, 2.24) is 4.98 Å². The highest BCUT2D eigenvalue weighted by Gasteiger charge is 2.44. The number of pyridine rings is 1. The quantitative estimate of drug-likeness (QED) is 0.120. The summed E-state index contributed by atoms with van der Waals surface area (Å²) in [6.45, 7) is -0.200. The summed E-state index contributed by atoms with van der Waals surface area (Å²) in [5.74, 6) is 0. The van der Waals surface area contributed by atoms with Crippen LogP contribution in [0.4, 0.5) is 34.1 Å². The number of hydrogen-bond acceptors (Lipinski definition) is 3. The Bertz CT molecular complexity index is 4410. The summed E-state index contributed by atoms with van der Waals surface area (Å²) in [4.78, 5) is 10.9. The van der Waals surface area contributed by atoms with Gasteiger partial charge in [0.15, 0.2) is 0 Å². The summed E-state index contributed by atoms with van der Waals surface area (Å²) >= 11 is 0. The SMILES string of the molecule is c1ccc(-c2cc(-c3ccccc3)cc(N3c4ccc(-c5ccccc5)cc4B4c5cc(-c6ccccc6)ccc5N(c5cc(-c6ccccc6)cc(-c6ccccc6)c5)c5cc(-c6cc(-c7ccccc7)cc(-c7ccccc7)n6)cc3c54)c2)cc1. The summed E-state index contributed by atoms with van der Waals surface area (Å²) < 4.78 is 0. The Morgan fingerprint density at radius 3 is 0.793 bits per heavy atom. The van der Waals surface area contributed by atoms with Gasteiger partial charge in [-0.2, -0.15) is 0 Å². The van der Waals surface area contributed by atoms with E-state index in [9.17, 15) is 0 Å². The van der Waals surface area contributed by atoms with Crippen molar-refractivity contribution < 1.29 is 0 Å². The molecule has 2 aliphatic rings. The van der Waals surface area contributed by atoms with Gasteiger partial charge >= 0.3 is 0 Å². The third-order valence-electron chi connectivity index (χ3n) is 17.4. The van der Waals surface area contributed by atoms with Crippen molar-refractivity contribution in [1.29, 1.82) is 0 Å². The molecule has 0 spiro atoms. The van der Waals surface area contributed by atoms with Crippen molar-refractivity contribution in [2.75, 3.05) is 9.80 Å². The lowest BCUT2D eigenvalue weighted by Gasteiger charge is -2.45. The molecule has 406 valence electrons. The van der Waals surface area contributed by atoms with Gasteiger partial charge in [-0.05, 0) is 167 Å². The fraction of sp³-hybridized carbons (Fsp3) is 0. The Morgan fingerprint density at radius 2 is 0.471 bits per heavy atom. The molecule has 0 fully saturated rings. The number of rotatable bonds is 11. The number of nitrogens with zero attached hydrogens (tertiary/aromatic N) is 3. The molecule has 0 bridgehead atoms. The molecule has 0 atom stereocenters. The lowest BCUT2D eigenvalue weighted by atomic mass is 9.33. The first-order valence-corrected chi connectivity index (χ1v) is 29.9. The highest BCUT2D eigenvalue weighted by Crippen LogP contribution is 2.50. The number of aromatic nitrogens is 1. The Kier molecular flexibility index (Phi) is 13.0. The third-order valence-corrected chi connectivity index (χ3v) is 17.4. The summed E-state index contributed by atoms with van der Waals surface area (Å²) in [5, 5.41) is 0. The van der Waals surface area contributed by atoms with Crippen LogP contribution in [0.5, 0.6) is 0 Å². The van der Waals surface area contributed by atoms with Crippen molar-refractivity contribution in [3.05, 3.63) is 340 Å². The molecule has 0 unspecified atom stereocenters. The second-order valence-electron chi connectivity index (χ2n) is 22.7. The maximum absolute atomic E-state index is 5.71. The van der Waals surface area contributed by atoms with Crippen molar-refractivity contribution in [3.8, 4) is 100 Å². The van der Waals surface area contributed by atoms with E-state index in [2.05, 4.69) is 350 Å². The zero-order chi connectivity index (χ0) is 57.6. The van der Waals surface area contributed by atoms with Crippen LogP contribution >= 0.6 is 0 Å². The molecule has 3 heterocycles. The van der Waals surface area contributed by atoms with E-state index in [0.717, 1.165) is 112 Å². The van der Waals surface area contributed by atoms with E-state index < -0.39 is 0 Å². The average Bonchev–Trinajstić information content (AvgIpc) is 0.729. The first-order valence-electron chi connectivity index (χ1n) is 29.9. The summed E-state index contributed by atoms with van der Waals surface area (Å²) in [5.41, 5.74) is 30.1. The fourth-order valence-electron chi connectivity index (χ4n) is 13.2. The van der Waals surface area contributed by atoms with Crippen molar-refractivity contribution in [2.45, 2.75) is 0 Å². The summed E-state index contributed by atoms with van der Waals surface area (Å²) in [6, 6.07) is 125. The fourth-order valence-corrected chi connectivity index (χ4v) is 13.2. The van der Waals surface area contributed by atoms with Crippen molar-refractivity contribution >= 4 is 57.2 Å². The minimum atomic E-state index is -0.200. The smallest absolute Gasteiger partial charge is 0.252 e. The topological polar surface area (TPSA) is 19.4 Å². The van der Waals surface area contributed by atoms with E-state index in [0.29, 0.717) is 0 Å². The first-order chi connectivity index (χ1) is 43.1. The van der Waals surface area contributed by atoms with E-state index in [1.54, 1.807) is 0 Å². The molecule has 0 saturated carbocycles. The van der Waals surface area contributed by atoms with Gasteiger partial charge in [0.25, 0.3) is 6.71 Å². The Hall–Kier alpha value is -11.3. The van der Waals surface area contributed by atoms with Gasteiger partial charge in [-0.3, -0.25) is 0 Å². The van der Waals surface area contributed by atoms with E-state index in [-0.39, 0.29) is 6.71 Å². The zero-order valence-electron chi connectivity index (χ0n) is 47.8. The van der Waals surface area contributed by atoms with Gasteiger partial charge in [-0.1, -0.05) is 267 Å². The molecule has 2 aliphatic heterocycles. The standard InChI is InChI=1S/C83H56BN3/c1-9-25-57(26-10-1)65-41-43-79-75(51-65)84-76-52-66(58-27-11-2-12-28-58)42-44-80(76)87(74-49-69(61-33-17-5-18-34-61)46-70(50-74)62-35-19-6-20-36-62)82-56-72(78-54-71(63-37-21-7-22-38-63)53-77(85-78)64-39-23-8-24-40-64)55-81(83(82)84)86(79)73-47-67(59-29-13-3-14-30-59)45-68(48-73)60-31-15-4-16-32-60/h1-56H. The summed E-state index contributed by atoms with van der Waals surface area (Å²) in [6.07, 6.45) is 0. The highest BCUT2D eigenvalue weighted by molar-refractivity contribution is 7.00. The van der Waals surface area contributed by atoms with E-state index in [1.165, 1.54) is 38.6 Å². The van der Waals surface area contributed by atoms with E-state index >= 15 is 0 Å². The number of anilines is 6. The van der Waals surface area contributed by atoms with Crippen LogP contribution in [-0.2, 0) is 0 Å². The molecule has 16 rings (SSSR count). The first kappa shape index (κ1) is 51.3. The number of benzene rings is 13. The molecule has 1 aromatic heterocycles. The maximum Gasteiger partial charge on any atom is 0.252 e. The summed E-state index contributed by atoms with van der Waals surface area (Å²) in [7, 11) is 0. The zero-order valence-corrected chi connectivity index (χ0v) is 47.8. The molecule has 14 aromatic rings. The Labute approximate surface area is 509 Å². The molecular weight excluding hydrogens is 1050 g/mol. The van der Waals surface area contributed by atoms with Gasteiger partial charge in [-0.25, -0.2) is 4.98 Å². The van der Waals surface area contributed by atoms with E-state index in [4.69, 9.17) is 4.98 Å². The second kappa shape index (κ2) is 22.0. The van der Waals surface area contributed by atoms with Crippen LogP contribution in [0.3, 0.4) is 0 Å². The average molecular weight is 1110 g/mol. The molecule has 4 heteroatoms. The van der Waals surface area contributed by atoms with Crippen LogP contribution < -0.4 is 26.2 Å². The molecular formula is C83H56BN3. The largest absolute Gasteiger partial charge is 0.311 e. The Balaban J connectivity index is 1.05. The monoisotopic (exact) mass is 1110 g/mol. The highest BCUT2D eigenvalue weighted by atomic mass is 15.2. The minimum Gasteiger partial charge on any atom is -0.311 e. The molecule has 87 heavy (non-hydrogen) atoms. The van der Waals surface area contributed by atoms with Crippen LogP contribution in [0.2, 0.25) is 0 Å². The predicted octanol–water partition coefficient (Wildman–Crippen LogP) is 20.2. The normalized spacial score (nSPS) is 12.1. The molecule has 13 aromatic carbocycles. The van der Waals surface area contributed by atoms with Gasteiger partial charge in [-0.15, -0.1) is 0 Å². The van der Waals surface area contributed by atoms with Gasteiger partial charge < -0.3 is 9.80 Å². The van der Waals surface area contributed by atoms with Gasteiger partial charge in [0.2, 0.25) is 0 Å². The maximum atomic E-state index is 5.71. The molecule has 3 nitrogen and oxygen atoms in total. The molecule has 0 radical (unpaired) electrons. The second-order valence-corrected chi connectivity index (χ2v) is 22.7. The van der Waals surface area contributed by atoms with Crippen molar-refractivity contribution in [3.63, 3.8) is 0 Å². The molecule has 0 saturated heterocycles. The number of fused-ring (bicyclic) bond motifs is 4. The van der Waals surface area contributed by atoms with Gasteiger partial charge in [0.05, 0.1) is 11.4 Å². The lowest BCUT2D eigenvalue weighted by Crippen LogP contribution is -2.61.